The van der Waals surface area contributed by atoms with Gasteiger partial charge in [0.25, 0.3) is 0 Å². The van der Waals surface area contributed by atoms with Crippen LogP contribution in [0.2, 0.25) is 0 Å². The Morgan fingerprint density at radius 3 is 2.56 bits per heavy atom. The molecule has 6 heteroatoms. The van der Waals surface area contributed by atoms with Crippen molar-refractivity contribution in [2.24, 2.45) is 0 Å². The van der Waals surface area contributed by atoms with Gasteiger partial charge in [0.1, 0.15) is 11.6 Å². The van der Waals surface area contributed by atoms with Gasteiger partial charge < -0.3 is 15.5 Å². The molecule has 1 heterocycles. The number of rotatable bonds is 7. The Hall–Kier alpha value is -1.85. The molecule has 0 fully saturated rings. The third kappa shape index (κ3) is 4.20. The van der Waals surface area contributed by atoms with Crippen LogP contribution < -0.4 is 10.6 Å². The second kappa shape index (κ2) is 7.47. The Bertz CT molecular complexity index is 378. The molecule has 0 aliphatic heterocycles. The second-order valence-corrected chi connectivity index (χ2v) is 3.78. The van der Waals surface area contributed by atoms with Crippen molar-refractivity contribution in [3.8, 4) is 0 Å². The summed E-state index contributed by atoms with van der Waals surface area (Å²) in [6.45, 7) is 6.04. The molecule has 0 atom stereocenters. The number of hydrogen-bond donors (Lipinski definition) is 2. The molecule has 0 aliphatic carbocycles. The van der Waals surface area contributed by atoms with Gasteiger partial charge in [0.15, 0.2) is 0 Å². The fourth-order valence-corrected chi connectivity index (χ4v) is 1.60. The molecule has 1 amide bonds. The van der Waals surface area contributed by atoms with Crippen LogP contribution in [0.25, 0.3) is 0 Å². The van der Waals surface area contributed by atoms with Crippen LogP contribution in [0.1, 0.15) is 20.3 Å². The van der Waals surface area contributed by atoms with Crippen LogP contribution in [0.4, 0.5) is 11.6 Å². The molecule has 0 spiro atoms. The summed E-state index contributed by atoms with van der Waals surface area (Å²) in [7, 11) is 1.79. The van der Waals surface area contributed by atoms with E-state index in [1.807, 2.05) is 18.7 Å². The number of anilines is 2. The number of aromatic nitrogens is 2. The normalized spacial score (nSPS) is 9.94. The van der Waals surface area contributed by atoms with Crippen LogP contribution in [-0.2, 0) is 4.79 Å². The van der Waals surface area contributed by atoms with Crippen molar-refractivity contribution in [2.75, 3.05) is 37.3 Å². The first kappa shape index (κ1) is 14.2. The van der Waals surface area contributed by atoms with Crippen LogP contribution >= 0.6 is 0 Å². The Morgan fingerprint density at radius 1 is 1.28 bits per heavy atom. The van der Waals surface area contributed by atoms with Crippen molar-refractivity contribution in [1.82, 2.24) is 14.9 Å². The number of carbonyl (C=O) groups excluding carboxylic acids is 1. The van der Waals surface area contributed by atoms with Crippen LogP contribution in [-0.4, -0.2) is 47.5 Å². The third-order valence-corrected chi connectivity index (χ3v) is 2.65. The van der Waals surface area contributed by atoms with E-state index >= 15 is 0 Å². The van der Waals surface area contributed by atoms with Crippen molar-refractivity contribution in [3.63, 3.8) is 0 Å². The Balaban J connectivity index is 2.39. The summed E-state index contributed by atoms with van der Waals surface area (Å²) in [5.41, 5.74) is 0. The number of hydrogen-bond acceptors (Lipinski definition) is 5. The zero-order chi connectivity index (χ0) is 13.4. The van der Waals surface area contributed by atoms with E-state index in [1.165, 1.54) is 0 Å². The summed E-state index contributed by atoms with van der Waals surface area (Å²) in [5.74, 6) is 1.54. The molecule has 2 N–H and O–H groups in total. The molecule has 1 aromatic rings. The lowest BCUT2D eigenvalue weighted by atomic mass is 10.3. The van der Waals surface area contributed by atoms with Gasteiger partial charge in [-0.1, -0.05) is 0 Å². The van der Waals surface area contributed by atoms with Crippen LogP contribution in [0.5, 0.6) is 0 Å². The minimum atomic E-state index is 0.158. The average molecular weight is 251 g/mol. The highest BCUT2D eigenvalue weighted by molar-refractivity contribution is 5.76. The van der Waals surface area contributed by atoms with Crippen LogP contribution in [0, 0.1) is 0 Å². The lowest BCUT2D eigenvalue weighted by Crippen LogP contribution is -2.31. The Labute approximate surface area is 108 Å². The molecule has 0 radical (unpaired) electrons. The molecular formula is C12H21N5O. The Kier molecular flexibility index (Phi) is 5.90. The molecule has 1 rings (SSSR count). The van der Waals surface area contributed by atoms with Gasteiger partial charge in [-0.15, -0.1) is 0 Å². The topological polar surface area (TPSA) is 70.2 Å². The lowest BCUT2D eigenvalue weighted by Gasteiger charge is -2.18. The van der Waals surface area contributed by atoms with Gasteiger partial charge >= 0.3 is 0 Å². The summed E-state index contributed by atoms with van der Waals surface area (Å²) in [6, 6.07) is 0. The number of nitrogens with one attached hydrogen (secondary N) is 2. The van der Waals surface area contributed by atoms with Crippen molar-refractivity contribution >= 4 is 17.5 Å². The van der Waals surface area contributed by atoms with Gasteiger partial charge in [0.2, 0.25) is 5.91 Å². The van der Waals surface area contributed by atoms with Gasteiger partial charge in [-0.25, -0.2) is 4.98 Å². The molecule has 0 aromatic carbocycles. The molecule has 1 aromatic heterocycles. The van der Waals surface area contributed by atoms with Gasteiger partial charge in [-0.05, 0) is 13.8 Å². The third-order valence-electron chi connectivity index (χ3n) is 2.65. The quantitative estimate of drug-likeness (QED) is 0.761. The van der Waals surface area contributed by atoms with E-state index in [0.29, 0.717) is 24.6 Å². The summed E-state index contributed by atoms with van der Waals surface area (Å²) < 4.78 is 0. The number of amides is 1. The SMILES string of the molecule is CCN(CC)C(=O)CCNc1cncc(NC)n1. The van der Waals surface area contributed by atoms with Crippen molar-refractivity contribution in [2.45, 2.75) is 20.3 Å². The first-order chi connectivity index (χ1) is 8.71. The van der Waals surface area contributed by atoms with E-state index in [1.54, 1.807) is 19.4 Å². The first-order valence-electron chi connectivity index (χ1n) is 6.22. The number of carbonyl (C=O) groups is 1. The van der Waals surface area contributed by atoms with Crippen molar-refractivity contribution in [1.29, 1.82) is 0 Å². The van der Waals surface area contributed by atoms with E-state index in [4.69, 9.17) is 0 Å². The maximum Gasteiger partial charge on any atom is 0.224 e. The predicted molar refractivity (Wildman–Crippen MR) is 72.6 cm³/mol. The summed E-state index contributed by atoms with van der Waals surface area (Å²) in [4.78, 5) is 21.9. The molecule has 18 heavy (non-hydrogen) atoms. The molecule has 0 aliphatic rings. The number of nitrogens with zero attached hydrogens (tertiary/aromatic N) is 3. The largest absolute Gasteiger partial charge is 0.372 e. The highest BCUT2D eigenvalue weighted by Crippen LogP contribution is 2.05. The molecule has 0 saturated heterocycles. The molecule has 100 valence electrons. The van der Waals surface area contributed by atoms with E-state index in [-0.39, 0.29) is 5.91 Å². The second-order valence-electron chi connectivity index (χ2n) is 3.78. The van der Waals surface area contributed by atoms with Crippen molar-refractivity contribution in [3.05, 3.63) is 12.4 Å². The fraction of sp³-hybridized carbons (Fsp3) is 0.583. The Morgan fingerprint density at radius 2 is 1.94 bits per heavy atom. The molecular weight excluding hydrogens is 230 g/mol. The maximum atomic E-state index is 11.8. The highest BCUT2D eigenvalue weighted by Gasteiger charge is 2.08. The molecule has 0 unspecified atom stereocenters. The van der Waals surface area contributed by atoms with Gasteiger partial charge in [-0.2, -0.15) is 0 Å². The maximum absolute atomic E-state index is 11.8. The van der Waals surface area contributed by atoms with Crippen molar-refractivity contribution < 1.29 is 4.79 Å². The zero-order valence-corrected chi connectivity index (χ0v) is 11.2. The highest BCUT2D eigenvalue weighted by atomic mass is 16.2. The molecule has 0 saturated carbocycles. The summed E-state index contributed by atoms with van der Waals surface area (Å²) >= 11 is 0. The zero-order valence-electron chi connectivity index (χ0n) is 11.2. The fourth-order valence-electron chi connectivity index (χ4n) is 1.60. The van der Waals surface area contributed by atoms with Gasteiger partial charge in [-0.3, -0.25) is 9.78 Å². The van der Waals surface area contributed by atoms with E-state index in [0.717, 1.165) is 13.1 Å². The minimum Gasteiger partial charge on any atom is -0.372 e. The monoisotopic (exact) mass is 251 g/mol. The average Bonchev–Trinajstić information content (AvgIpc) is 2.40. The predicted octanol–water partition coefficient (Wildman–Crippen LogP) is 1.19. The van der Waals surface area contributed by atoms with Gasteiger partial charge in [0, 0.05) is 33.1 Å². The van der Waals surface area contributed by atoms with E-state index in [2.05, 4.69) is 20.6 Å². The van der Waals surface area contributed by atoms with E-state index in [9.17, 15) is 4.79 Å². The lowest BCUT2D eigenvalue weighted by molar-refractivity contribution is -0.130. The standard InChI is InChI=1S/C12H21N5O/c1-4-17(5-2)12(18)6-7-15-11-9-14-8-10(13-3)16-11/h8-9H,4-7H2,1-3H3,(H2,13,15,16). The molecule has 0 bridgehead atoms. The molecule has 6 nitrogen and oxygen atoms in total. The summed E-state index contributed by atoms with van der Waals surface area (Å²) in [5, 5.41) is 6.01. The van der Waals surface area contributed by atoms with E-state index < -0.39 is 0 Å². The van der Waals surface area contributed by atoms with Crippen LogP contribution in [0.15, 0.2) is 12.4 Å². The first-order valence-corrected chi connectivity index (χ1v) is 6.22. The van der Waals surface area contributed by atoms with Gasteiger partial charge in [0.05, 0.1) is 12.4 Å². The summed E-state index contributed by atoms with van der Waals surface area (Å²) in [6.07, 6.45) is 3.75. The van der Waals surface area contributed by atoms with Crippen LogP contribution in [0.3, 0.4) is 0 Å². The smallest absolute Gasteiger partial charge is 0.224 e. The minimum absolute atomic E-state index is 0.158.